The van der Waals surface area contributed by atoms with Crippen LogP contribution in [0.25, 0.3) is 0 Å². The van der Waals surface area contributed by atoms with Crippen molar-refractivity contribution >= 4 is 11.6 Å². The molecule has 1 amide bonds. The Morgan fingerprint density at radius 3 is 2.77 bits per heavy atom. The molecule has 1 aromatic carbocycles. The van der Waals surface area contributed by atoms with Crippen LogP contribution in [-0.2, 0) is 0 Å². The molecule has 0 atom stereocenters. The van der Waals surface area contributed by atoms with E-state index >= 15 is 0 Å². The van der Waals surface area contributed by atoms with Crippen LogP contribution in [0.3, 0.4) is 0 Å². The second kappa shape index (κ2) is 3.94. The first kappa shape index (κ1) is 9.58. The molecule has 0 heterocycles. The molecule has 0 aliphatic carbocycles. The van der Waals surface area contributed by atoms with E-state index in [9.17, 15) is 4.79 Å². The minimum absolute atomic E-state index is 0.389. The molecule has 0 radical (unpaired) electrons. The number of nitrogens with one attached hydrogen (secondary N) is 1. The van der Waals surface area contributed by atoms with Gasteiger partial charge < -0.3 is 11.1 Å². The van der Waals surface area contributed by atoms with Crippen molar-refractivity contribution in [1.29, 1.82) is 0 Å². The lowest BCUT2D eigenvalue weighted by molar-refractivity contribution is 0.100. The van der Waals surface area contributed by atoms with E-state index in [1.54, 1.807) is 6.07 Å². The van der Waals surface area contributed by atoms with Crippen LogP contribution in [0, 0.1) is 6.92 Å². The fourth-order valence-corrected chi connectivity index (χ4v) is 1.21. The van der Waals surface area contributed by atoms with Gasteiger partial charge in [-0.1, -0.05) is 11.6 Å². The smallest absolute Gasteiger partial charge is 0.250 e. The van der Waals surface area contributed by atoms with Crippen LogP contribution in [0.2, 0.25) is 0 Å². The van der Waals surface area contributed by atoms with Gasteiger partial charge >= 0.3 is 0 Å². The van der Waals surface area contributed by atoms with E-state index in [0.29, 0.717) is 5.56 Å². The molecule has 0 spiro atoms. The van der Waals surface area contributed by atoms with Crippen molar-refractivity contribution < 1.29 is 4.79 Å². The van der Waals surface area contributed by atoms with Crippen molar-refractivity contribution in [2.75, 3.05) is 11.9 Å². The summed E-state index contributed by atoms with van der Waals surface area (Å²) in [6.07, 6.45) is 0. The minimum atomic E-state index is -0.389. The van der Waals surface area contributed by atoms with Crippen LogP contribution in [0.5, 0.6) is 0 Å². The molecule has 0 aliphatic rings. The van der Waals surface area contributed by atoms with Gasteiger partial charge in [0, 0.05) is 12.2 Å². The lowest BCUT2D eigenvalue weighted by Gasteiger charge is -2.08. The number of aryl methyl sites for hydroxylation is 1. The highest BCUT2D eigenvalue weighted by molar-refractivity contribution is 5.98. The summed E-state index contributed by atoms with van der Waals surface area (Å²) in [5, 5.41) is 3.08. The van der Waals surface area contributed by atoms with E-state index in [2.05, 4.69) is 5.32 Å². The van der Waals surface area contributed by atoms with Gasteiger partial charge in [-0.15, -0.1) is 0 Å². The molecule has 0 saturated heterocycles. The number of anilines is 1. The molecule has 0 bridgehead atoms. The van der Waals surface area contributed by atoms with Crippen molar-refractivity contribution in [3.63, 3.8) is 0 Å². The summed E-state index contributed by atoms with van der Waals surface area (Å²) in [6, 6.07) is 5.61. The third-order valence-electron chi connectivity index (χ3n) is 1.81. The Morgan fingerprint density at radius 2 is 2.23 bits per heavy atom. The first-order valence-electron chi connectivity index (χ1n) is 4.29. The zero-order chi connectivity index (χ0) is 9.84. The highest BCUT2D eigenvalue weighted by atomic mass is 16.1. The number of carbonyl (C=O) groups is 1. The molecular formula is C10H14N2O. The van der Waals surface area contributed by atoms with Gasteiger partial charge in [-0.3, -0.25) is 4.79 Å². The lowest BCUT2D eigenvalue weighted by Crippen LogP contribution is -2.14. The van der Waals surface area contributed by atoms with E-state index < -0.39 is 0 Å². The molecule has 3 N–H and O–H groups in total. The second-order valence-corrected chi connectivity index (χ2v) is 2.94. The molecule has 0 unspecified atom stereocenters. The molecule has 3 heteroatoms. The minimum Gasteiger partial charge on any atom is -0.385 e. The second-order valence-electron chi connectivity index (χ2n) is 2.94. The lowest BCUT2D eigenvalue weighted by atomic mass is 10.1. The molecule has 1 rings (SSSR count). The number of benzene rings is 1. The fourth-order valence-electron chi connectivity index (χ4n) is 1.21. The van der Waals surface area contributed by atoms with Crippen LogP contribution in [-0.4, -0.2) is 12.5 Å². The summed E-state index contributed by atoms with van der Waals surface area (Å²) in [6.45, 7) is 4.69. The van der Waals surface area contributed by atoms with Crippen LogP contribution >= 0.6 is 0 Å². The van der Waals surface area contributed by atoms with Gasteiger partial charge in [-0.05, 0) is 26.0 Å². The predicted octanol–water partition coefficient (Wildman–Crippen LogP) is 1.53. The van der Waals surface area contributed by atoms with Gasteiger partial charge in [0.2, 0.25) is 0 Å². The highest BCUT2D eigenvalue weighted by Gasteiger charge is 2.06. The quantitative estimate of drug-likeness (QED) is 0.737. The number of carbonyl (C=O) groups excluding carboxylic acids is 1. The number of amides is 1. The van der Waals surface area contributed by atoms with Crippen molar-refractivity contribution in [3.05, 3.63) is 29.3 Å². The zero-order valence-electron chi connectivity index (χ0n) is 7.92. The number of nitrogens with two attached hydrogens (primary N) is 1. The number of primary amides is 1. The van der Waals surface area contributed by atoms with Crippen LogP contribution in [0.15, 0.2) is 18.2 Å². The highest BCUT2D eigenvalue weighted by Crippen LogP contribution is 2.16. The molecule has 3 nitrogen and oxygen atoms in total. The van der Waals surface area contributed by atoms with Gasteiger partial charge in [0.05, 0.1) is 5.56 Å². The van der Waals surface area contributed by atoms with E-state index in [-0.39, 0.29) is 5.91 Å². The van der Waals surface area contributed by atoms with E-state index in [4.69, 9.17) is 5.73 Å². The third-order valence-corrected chi connectivity index (χ3v) is 1.81. The zero-order valence-corrected chi connectivity index (χ0v) is 7.92. The molecular weight excluding hydrogens is 164 g/mol. The average molecular weight is 178 g/mol. The summed E-state index contributed by atoms with van der Waals surface area (Å²) in [7, 11) is 0. The number of hydrogen-bond donors (Lipinski definition) is 2. The van der Waals surface area contributed by atoms with Gasteiger partial charge in [-0.25, -0.2) is 0 Å². The summed E-state index contributed by atoms with van der Waals surface area (Å²) in [5.74, 6) is -0.389. The first-order chi connectivity index (χ1) is 6.15. The summed E-state index contributed by atoms with van der Waals surface area (Å²) in [4.78, 5) is 11.0. The van der Waals surface area contributed by atoms with E-state index in [1.165, 1.54) is 0 Å². The molecule has 13 heavy (non-hydrogen) atoms. The van der Waals surface area contributed by atoms with Crippen molar-refractivity contribution in [3.8, 4) is 0 Å². The van der Waals surface area contributed by atoms with Crippen molar-refractivity contribution in [1.82, 2.24) is 0 Å². The third kappa shape index (κ3) is 2.21. The predicted molar refractivity (Wildman–Crippen MR) is 53.9 cm³/mol. The standard InChI is InChI=1S/C10H14N2O/c1-3-12-9-5-4-7(2)6-8(9)10(11)13/h4-6,12H,3H2,1-2H3,(H2,11,13). The molecule has 0 saturated carbocycles. The Hall–Kier alpha value is -1.51. The summed E-state index contributed by atoms with van der Waals surface area (Å²) >= 11 is 0. The van der Waals surface area contributed by atoms with Gasteiger partial charge in [-0.2, -0.15) is 0 Å². The van der Waals surface area contributed by atoms with Crippen LogP contribution < -0.4 is 11.1 Å². The molecule has 0 fully saturated rings. The first-order valence-corrected chi connectivity index (χ1v) is 4.29. The van der Waals surface area contributed by atoms with Gasteiger partial charge in [0.25, 0.3) is 5.91 Å². The van der Waals surface area contributed by atoms with Crippen molar-refractivity contribution in [2.24, 2.45) is 5.73 Å². The maximum atomic E-state index is 11.0. The normalized spacial score (nSPS) is 9.69. The van der Waals surface area contributed by atoms with E-state index in [0.717, 1.165) is 17.8 Å². The average Bonchev–Trinajstić information content (AvgIpc) is 2.08. The Kier molecular flexibility index (Phi) is 2.90. The topological polar surface area (TPSA) is 55.1 Å². The van der Waals surface area contributed by atoms with E-state index in [1.807, 2.05) is 26.0 Å². The van der Waals surface area contributed by atoms with Gasteiger partial charge in [0.15, 0.2) is 0 Å². The molecule has 0 aromatic heterocycles. The van der Waals surface area contributed by atoms with Gasteiger partial charge in [0.1, 0.15) is 0 Å². The summed E-state index contributed by atoms with van der Waals surface area (Å²) < 4.78 is 0. The maximum Gasteiger partial charge on any atom is 0.250 e. The Labute approximate surface area is 77.9 Å². The SMILES string of the molecule is CCNc1ccc(C)cc1C(N)=O. The monoisotopic (exact) mass is 178 g/mol. The molecule has 1 aromatic rings. The molecule has 70 valence electrons. The number of rotatable bonds is 3. The Balaban J connectivity index is 3.10. The Morgan fingerprint density at radius 1 is 1.54 bits per heavy atom. The largest absolute Gasteiger partial charge is 0.385 e. The molecule has 0 aliphatic heterocycles. The maximum absolute atomic E-state index is 11.0. The summed E-state index contributed by atoms with van der Waals surface area (Å²) in [5.41, 5.74) is 7.64. The number of hydrogen-bond acceptors (Lipinski definition) is 2. The Bertz CT molecular complexity index is 321. The van der Waals surface area contributed by atoms with Crippen LogP contribution in [0.1, 0.15) is 22.8 Å². The van der Waals surface area contributed by atoms with Crippen molar-refractivity contribution in [2.45, 2.75) is 13.8 Å². The van der Waals surface area contributed by atoms with Crippen LogP contribution in [0.4, 0.5) is 5.69 Å². The fraction of sp³-hybridized carbons (Fsp3) is 0.300.